The minimum atomic E-state index is -0.852. The first-order valence-electron chi connectivity index (χ1n) is 6.60. The van der Waals surface area contributed by atoms with E-state index in [4.69, 9.17) is 0 Å². The maximum atomic E-state index is 13.6. The Kier molecular flexibility index (Phi) is 3.62. The number of hydrogen-bond donors (Lipinski definition) is 1. The van der Waals surface area contributed by atoms with Crippen molar-refractivity contribution in [2.45, 2.75) is 12.5 Å². The summed E-state index contributed by atoms with van der Waals surface area (Å²) < 4.78 is 26.5. The molecule has 0 aliphatic carbocycles. The molecule has 0 saturated heterocycles. The van der Waals surface area contributed by atoms with Gasteiger partial charge in [-0.25, -0.2) is 8.78 Å². The number of rotatable bonds is 3. The summed E-state index contributed by atoms with van der Waals surface area (Å²) in [6, 6.07) is 12.5. The summed E-state index contributed by atoms with van der Waals surface area (Å²) >= 11 is 0. The largest absolute Gasteiger partial charge is 0.388 e. The lowest BCUT2D eigenvalue weighted by Crippen LogP contribution is -2.04. The fraction of sp³-hybridized carbons (Fsp3) is 0.118. The van der Waals surface area contributed by atoms with E-state index < -0.39 is 17.7 Å². The van der Waals surface area contributed by atoms with E-state index in [9.17, 15) is 13.9 Å². The average molecular weight is 285 g/mol. The van der Waals surface area contributed by atoms with Crippen LogP contribution >= 0.6 is 0 Å². The third kappa shape index (κ3) is 2.90. The zero-order valence-electron chi connectivity index (χ0n) is 11.1. The van der Waals surface area contributed by atoms with E-state index in [1.54, 1.807) is 12.3 Å². The quantitative estimate of drug-likeness (QED) is 0.794. The summed E-state index contributed by atoms with van der Waals surface area (Å²) in [6.07, 6.45) is 0.944. The SMILES string of the molecule is OC(Cc1ccc(F)cc1F)c1ccc2ncccc2c1. The van der Waals surface area contributed by atoms with E-state index in [0.29, 0.717) is 5.56 Å². The molecule has 21 heavy (non-hydrogen) atoms. The molecule has 3 aromatic rings. The zero-order valence-corrected chi connectivity index (χ0v) is 11.1. The Morgan fingerprint density at radius 1 is 1.05 bits per heavy atom. The van der Waals surface area contributed by atoms with Crippen molar-refractivity contribution in [3.63, 3.8) is 0 Å². The number of hydrogen-bond acceptors (Lipinski definition) is 2. The van der Waals surface area contributed by atoms with Gasteiger partial charge in [-0.15, -0.1) is 0 Å². The van der Waals surface area contributed by atoms with Gasteiger partial charge in [0.05, 0.1) is 11.6 Å². The number of fused-ring (bicyclic) bond motifs is 1. The van der Waals surface area contributed by atoms with Gasteiger partial charge in [0.2, 0.25) is 0 Å². The lowest BCUT2D eigenvalue weighted by molar-refractivity contribution is 0.177. The standard InChI is InChI=1S/C17H13F2NO/c18-14-5-3-11(15(19)10-14)9-17(21)13-4-6-16-12(8-13)2-1-7-20-16/h1-8,10,17,21H,9H2. The number of halogens is 2. The smallest absolute Gasteiger partial charge is 0.129 e. The van der Waals surface area contributed by atoms with Crippen LogP contribution in [0, 0.1) is 11.6 Å². The van der Waals surface area contributed by atoms with Crippen LogP contribution in [0.15, 0.2) is 54.7 Å². The Balaban J connectivity index is 1.87. The third-order valence-corrected chi connectivity index (χ3v) is 3.44. The first kappa shape index (κ1) is 13.6. The molecular formula is C17H13F2NO. The van der Waals surface area contributed by atoms with Gasteiger partial charge in [-0.2, -0.15) is 0 Å². The minimum Gasteiger partial charge on any atom is -0.388 e. The van der Waals surface area contributed by atoms with Crippen molar-refractivity contribution in [2.75, 3.05) is 0 Å². The second kappa shape index (κ2) is 5.58. The Hall–Kier alpha value is -2.33. The molecule has 1 atom stereocenters. The summed E-state index contributed by atoms with van der Waals surface area (Å²) in [6.45, 7) is 0. The van der Waals surface area contributed by atoms with Crippen molar-refractivity contribution < 1.29 is 13.9 Å². The number of benzene rings is 2. The molecule has 4 heteroatoms. The molecule has 2 nitrogen and oxygen atoms in total. The summed E-state index contributed by atoms with van der Waals surface area (Å²) in [7, 11) is 0. The molecule has 1 heterocycles. The first-order valence-corrected chi connectivity index (χ1v) is 6.60. The van der Waals surface area contributed by atoms with Gasteiger partial charge in [0.25, 0.3) is 0 Å². The lowest BCUT2D eigenvalue weighted by atomic mass is 9.99. The second-order valence-electron chi connectivity index (χ2n) is 4.91. The van der Waals surface area contributed by atoms with Crippen LogP contribution in [0.3, 0.4) is 0 Å². The molecule has 0 aliphatic rings. The van der Waals surface area contributed by atoms with Crippen LogP contribution < -0.4 is 0 Å². The fourth-order valence-corrected chi connectivity index (χ4v) is 2.31. The van der Waals surface area contributed by atoms with Crippen LogP contribution in [-0.2, 0) is 6.42 Å². The van der Waals surface area contributed by atoms with Gasteiger partial charge in [-0.1, -0.05) is 18.2 Å². The number of aliphatic hydroxyl groups is 1. The highest BCUT2D eigenvalue weighted by Gasteiger charge is 2.13. The van der Waals surface area contributed by atoms with Gasteiger partial charge in [0.1, 0.15) is 11.6 Å². The molecule has 1 unspecified atom stereocenters. The van der Waals surface area contributed by atoms with Crippen LogP contribution in [-0.4, -0.2) is 10.1 Å². The van der Waals surface area contributed by atoms with Crippen LogP contribution in [0.25, 0.3) is 10.9 Å². The molecule has 0 fully saturated rings. The molecular weight excluding hydrogens is 272 g/mol. The second-order valence-corrected chi connectivity index (χ2v) is 4.91. The van der Waals surface area contributed by atoms with Crippen molar-refractivity contribution in [1.29, 1.82) is 0 Å². The molecule has 0 aliphatic heterocycles. The van der Waals surface area contributed by atoms with E-state index in [1.807, 2.05) is 24.3 Å². The summed E-state index contributed by atoms with van der Waals surface area (Å²) in [4.78, 5) is 4.21. The predicted octanol–water partition coefficient (Wildman–Crippen LogP) is 3.79. The molecule has 3 rings (SSSR count). The maximum absolute atomic E-state index is 13.6. The summed E-state index contributed by atoms with van der Waals surface area (Å²) in [5.74, 6) is -1.26. The maximum Gasteiger partial charge on any atom is 0.129 e. The highest BCUT2D eigenvalue weighted by atomic mass is 19.1. The molecule has 0 bridgehead atoms. The van der Waals surface area contributed by atoms with E-state index in [0.717, 1.165) is 17.0 Å². The Bertz CT molecular complexity index is 789. The Morgan fingerprint density at radius 2 is 1.90 bits per heavy atom. The molecule has 1 N–H and O–H groups in total. The van der Waals surface area contributed by atoms with Crippen molar-refractivity contribution in [2.24, 2.45) is 0 Å². The molecule has 106 valence electrons. The predicted molar refractivity (Wildman–Crippen MR) is 76.8 cm³/mol. The van der Waals surface area contributed by atoms with E-state index in [2.05, 4.69) is 4.98 Å². The molecule has 0 radical (unpaired) electrons. The number of aliphatic hydroxyl groups excluding tert-OH is 1. The van der Waals surface area contributed by atoms with Crippen molar-refractivity contribution in [1.82, 2.24) is 4.98 Å². The average Bonchev–Trinajstić information content (AvgIpc) is 2.49. The third-order valence-electron chi connectivity index (χ3n) is 3.44. The Morgan fingerprint density at radius 3 is 2.71 bits per heavy atom. The number of aromatic nitrogens is 1. The number of pyridine rings is 1. The Labute approximate surface area is 120 Å². The molecule has 0 saturated carbocycles. The van der Waals surface area contributed by atoms with E-state index in [1.165, 1.54) is 12.1 Å². The van der Waals surface area contributed by atoms with Gasteiger partial charge >= 0.3 is 0 Å². The normalized spacial score (nSPS) is 12.5. The zero-order chi connectivity index (χ0) is 14.8. The van der Waals surface area contributed by atoms with Crippen LogP contribution in [0.1, 0.15) is 17.2 Å². The molecule has 0 amide bonds. The van der Waals surface area contributed by atoms with Gasteiger partial charge in [-0.05, 0) is 35.4 Å². The van der Waals surface area contributed by atoms with Crippen LogP contribution in [0.4, 0.5) is 8.78 Å². The fourth-order valence-electron chi connectivity index (χ4n) is 2.31. The summed E-state index contributed by atoms with van der Waals surface area (Å²) in [5, 5.41) is 11.2. The number of nitrogens with zero attached hydrogens (tertiary/aromatic N) is 1. The lowest BCUT2D eigenvalue weighted by Gasteiger charge is -2.12. The van der Waals surface area contributed by atoms with Gasteiger partial charge in [0.15, 0.2) is 0 Å². The topological polar surface area (TPSA) is 33.1 Å². The van der Waals surface area contributed by atoms with Crippen LogP contribution in [0.5, 0.6) is 0 Å². The highest BCUT2D eigenvalue weighted by Crippen LogP contribution is 2.23. The first-order chi connectivity index (χ1) is 10.1. The summed E-state index contributed by atoms with van der Waals surface area (Å²) in [5.41, 5.74) is 1.80. The van der Waals surface area contributed by atoms with E-state index in [-0.39, 0.29) is 12.0 Å². The highest BCUT2D eigenvalue weighted by molar-refractivity contribution is 5.79. The van der Waals surface area contributed by atoms with Gasteiger partial charge in [-0.3, -0.25) is 4.98 Å². The van der Waals surface area contributed by atoms with Gasteiger partial charge in [0, 0.05) is 24.1 Å². The monoisotopic (exact) mass is 285 g/mol. The molecule has 1 aromatic heterocycles. The van der Waals surface area contributed by atoms with Crippen molar-refractivity contribution >= 4 is 10.9 Å². The minimum absolute atomic E-state index is 0.0951. The van der Waals surface area contributed by atoms with Crippen molar-refractivity contribution in [3.05, 3.63) is 77.5 Å². The van der Waals surface area contributed by atoms with Crippen LogP contribution in [0.2, 0.25) is 0 Å². The molecule has 0 spiro atoms. The van der Waals surface area contributed by atoms with Gasteiger partial charge < -0.3 is 5.11 Å². The van der Waals surface area contributed by atoms with Crippen molar-refractivity contribution in [3.8, 4) is 0 Å². The molecule has 2 aromatic carbocycles. The van der Waals surface area contributed by atoms with E-state index >= 15 is 0 Å².